The van der Waals surface area contributed by atoms with Gasteiger partial charge in [-0.1, -0.05) is 28.1 Å². The molecule has 0 saturated heterocycles. The number of carbonyl (C=O) groups is 1. The summed E-state index contributed by atoms with van der Waals surface area (Å²) in [7, 11) is 0. The van der Waals surface area contributed by atoms with Gasteiger partial charge in [0.25, 0.3) is 0 Å². The van der Waals surface area contributed by atoms with Crippen molar-refractivity contribution in [1.82, 2.24) is 20.2 Å². The standard InChI is InChI=1S/C17H13BrN4O3/c18-13-4-2-1-3-12(13)17-19-21-22(20-17)10-14(23)11-5-6-15-16(9-11)25-8-7-24-15/h1-6,9H,7-8,10H2. The van der Waals surface area contributed by atoms with Crippen LogP contribution in [0.25, 0.3) is 11.4 Å². The number of aromatic nitrogens is 4. The lowest BCUT2D eigenvalue weighted by molar-refractivity contribution is 0.0960. The first-order valence-corrected chi connectivity index (χ1v) is 8.45. The fourth-order valence-corrected chi connectivity index (χ4v) is 2.96. The first-order chi connectivity index (χ1) is 12.2. The summed E-state index contributed by atoms with van der Waals surface area (Å²) in [4.78, 5) is 13.8. The minimum atomic E-state index is -0.131. The van der Waals surface area contributed by atoms with Crippen LogP contribution in [0.1, 0.15) is 10.4 Å². The van der Waals surface area contributed by atoms with Crippen molar-refractivity contribution in [3.63, 3.8) is 0 Å². The van der Waals surface area contributed by atoms with Crippen LogP contribution in [0.5, 0.6) is 11.5 Å². The summed E-state index contributed by atoms with van der Waals surface area (Å²) in [5, 5.41) is 12.3. The number of ketones is 1. The average Bonchev–Trinajstić information content (AvgIpc) is 3.10. The van der Waals surface area contributed by atoms with Crippen molar-refractivity contribution >= 4 is 21.7 Å². The Balaban J connectivity index is 1.53. The molecule has 0 spiro atoms. The molecule has 4 rings (SSSR count). The normalized spacial score (nSPS) is 12.8. The third-order valence-corrected chi connectivity index (χ3v) is 4.41. The molecule has 0 aliphatic carbocycles. The second-order valence-corrected chi connectivity index (χ2v) is 6.26. The summed E-state index contributed by atoms with van der Waals surface area (Å²) in [5.74, 6) is 1.56. The first kappa shape index (κ1) is 15.8. The number of benzene rings is 2. The molecule has 8 heteroatoms. The third kappa shape index (κ3) is 3.25. The average molecular weight is 401 g/mol. The van der Waals surface area contributed by atoms with Gasteiger partial charge in [-0.15, -0.1) is 10.2 Å². The number of rotatable bonds is 4. The largest absolute Gasteiger partial charge is 0.486 e. The van der Waals surface area contributed by atoms with Gasteiger partial charge in [-0.25, -0.2) is 0 Å². The van der Waals surface area contributed by atoms with Crippen molar-refractivity contribution in [2.45, 2.75) is 6.54 Å². The van der Waals surface area contributed by atoms with Crippen LogP contribution in [0.3, 0.4) is 0 Å². The number of hydrogen-bond donors (Lipinski definition) is 0. The molecular weight excluding hydrogens is 388 g/mol. The van der Waals surface area contributed by atoms with Crippen LogP contribution in [0.2, 0.25) is 0 Å². The number of carbonyl (C=O) groups excluding carboxylic acids is 1. The predicted octanol–water partition coefficient (Wildman–Crippen LogP) is 2.76. The molecule has 1 aliphatic heterocycles. The van der Waals surface area contributed by atoms with E-state index in [9.17, 15) is 4.79 Å². The van der Waals surface area contributed by atoms with Gasteiger partial charge in [-0.2, -0.15) is 4.80 Å². The molecule has 1 aromatic heterocycles. The molecule has 2 aromatic carbocycles. The van der Waals surface area contributed by atoms with Crippen molar-refractivity contribution < 1.29 is 14.3 Å². The number of tetrazole rings is 1. The number of fused-ring (bicyclic) bond motifs is 1. The van der Waals surface area contributed by atoms with Gasteiger partial charge in [-0.05, 0) is 35.5 Å². The highest BCUT2D eigenvalue weighted by atomic mass is 79.9. The van der Waals surface area contributed by atoms with Crippen molar-refractivity contribution in [3.8, 4) is 22.9 Å². The number of nitrogens with zero attached hydrogens (tertiary/aromatic N) is 4. The Morgan fingerprint density at radius 2 is 1.92 bits per heavy atom. The molecule has 0 saturated carbocycles. The van der Waals surface area contributed by atoms with Crippen molar-refractivity contribution in [2.24, 2.45) is 0 Å². The van der Waals surface area contributed by atoms with E-state index in [4.69, 9.17) is 9.47 Å². The van der Waals surface area contributed by atoms with Gasteiger partial charge in [-0.3, -0.25) is 4.79 Å². The van der Waals surface area contributed by atoms with Gasteiger partial charge < -0.3 is 9.47 Å². The molecular formula is C17H13BrN4O3. The zero-order valence-corrected chi connectivity index (χ0v) is 14.6. The lowest BCUT2D eigenvalue weighted by Crippen LogP contribution is -2.17. The Kier molecular flexibility index (Phi) is 4.19. The first-order valence-electron chi connectivity index (χ1n) is 7.66. The second kappa shape index (κ2) is 6.64. The monoisotopic (exact) mass is 400 g/mol. The number of Topliss-reactive ketones (excluding diaryl/α,β-unsaturated/α-hetero) is 1. The Labute approximate surface area is 151 Å². The quantitative estimate of drug-likeness (QED) is 0.626. The van der Waals surface area contributed by atoms with Gasteiger partial charge in [0.05, 0.1) is 0 Å². The van der Waals surface area contributed by atoms with Crippen molar-refractivity contribution in [3.05, 3.63) is 52.5 Å². The maximum Gasteiger partial charge on any atom is 0.206 e. The van der Waals surface area contributed by atoms with E-state index in [0.29, 0.717) is 36.1 Å². The van der Waals surface area contributed by atoms with Crippen LogP contribution in [0.15, 0.2) is 46.9 Å². The molecule has 0 atom stereocenters. The maximum atomic E-state index is 12.5. The summed E-state index contributed by atoms with van der Waals surface area (Å²) in [6, 6.07) is 12.7. The molecule has 3 aromatic rings. The molecule has 0 radical (unpaired) electrons. The fourth-order valence-electron chi connectivity index (χ4n) is 2.50. The lowest BCUT2D eigenvalue weighted by atomic mass is 10.1. The van der Waals surface area contributed by atoms with Gasteiger partial charge in [0.1, 0.15) is 19.8 Å². The van der Waals surface area contributed by atoms with Crippen LogP contribution in [-0.2, 0) is 6.54 Å². The van der Waals surface area contributed by atoms with E-state index < -0.39 is 0 Å². The van der Waals surface area contributed by atoms with Crippen LogP contribution in [0, 0.1) is 0 Å². The van der Waals surface area contributed by atoms with Gasteiger partial charge in [0.2, 0.25) is 5.82 Å². The van der Waals surface area contributed by atoms with Crippen molar-refractivity contribution in [2.75, 3.05) is 13.2 Å². The van der Waals surface area contributed by atoms with E-state index >= 15 is 0 Å². The molecule has 0 bridgehead atoms. The molecule has 7 nitrogen and oxygen atoms in total. The summed E-state index contributed by atoms with van der Waals surface area (Å²) in [5.41, 5.74) is 1.34. The minimum absolute atomic E-state index is 0.00288. The SMILES string of the molecule is O=C(Cn1nnc(-c2ccccc2Br)n1)c1ccc2c(c1)OCCO2. The topological polar surface area (TPSA) is 79.1 Å². The summed E-state index contributed by atoms with van der Waals surface area (Å²) >= 11 is 3.46. The molecule has 0 fully saturated rings. The van der Waals surface area contributed by atoms with E-state index in [1.54, 1.807) is 18.2 Å². The Bertz CT molecular complexity index is 941. The van der Waals surface area contributed by atoms with Gasteiger partial charge >= 0.3 is 0 Å². The fraction of sp³-hybridized carbons (Fsp3) is 0.176. The number of halogens is 1. The van der Waals surface area contributed by atoms with Gasteiger partial charge in [0.15, 0.2) is 17.3 Å². The van der Waals surface area contributed by atoms with E-state index in [1.807, 2.05) is 24.3 Å². The second-order valence-electron chi connectivity index (χ2n) is 5.40. The highest BCUT2D eigenvalue weighted by Gasteiger charge is 2.17. The molecule has 0 unspecified atom stereocenters. The van der Waals surface area contributed by atoms with Crippen LogP contribution < -0.4 is 9.47 Å². The third-order valence-electron chi connectivity index (χ3n) is 3.72. The Hall–Kier alpha value is -2.74. The minimum Gasteiger partial charge on any atom is -0.486 e. The number of hydrogen-bond acceptors (Lipinski definition) is 6. The molecule has 126 valence electrons. The highest BCUT2D eigenvalue weighted by molar-refractivity contribution is 9.10. The Morgan fingerprint density at radius 1 is 1.12 bits per heavy atom. The van der Waals surface area contributed by atoms with E-state index in [0.717, 1.165) is 10.0 Å². The van der Waals surface area contributed by atoms with Crippen LogP contribution in [0.4, 0.5) is 0 Å². The van der Waals surface area contributed by atoms with Crippen molar-refractivity contribution in [1.29, 1.82) is 0 Å². The summed E-state index contributed by atoms with van der Waals surface area (Å²) in [6.07, 6.45) is 0. The number of ether oxygens (including phenoxy) is 2. The smallest absolute Gasteiger partial charge is 0.206 e. The lowest BCUT2D eigenvalue weighted by Gasteiger charge is -2.18. The molecule has 0 amide bonds. The zero-order valence-electron chi connectivity index (χ0n) is 13.1. The zero-order chi connectivity index (χ0) is 17.2. The summed E-state index contributed by atoms with van der Waals surface area (Å²) in [6.45, 7) is 0.989. The van der Waals surface area contributed by atoms with E-state index in [2.05, 4.69) is 31.3 Å². The molecule has 0 N–H and O–H groups in total. The van der Waals surface area contributed by atoms with Crippen LogP contribution in [-0.4, -0.2) is 39.2 Å². The predicted molar refractivity (Wildman–Crippen MR) is 92.7 cm³/mol. The van der Waals surface area contributed by atoms with Gasteiger partial charge in [0, 0.05) is 15.6 Å². The van der Waals surface area contributed by atoms with E-state index in [-0.39, 0.29) is 12.3 Å². The maximum absolute atomic E-state index is 12.5. The van der Waals surface area contributed by atoms with E-state index in [1.165, 1.54) is 4.80 Å². The molecule has 25 heavy (non-hydrogen) atoms. The molecule has 1 aliphatic rings. The highest BCUT2D eigenvalue weighted by Crippen LogP contribution is 2.31. The Morgan fingerprint density at radius 3 is 2.76 bits per heavy atom. The van der Waals surface area contributed by atoms with Crippen LogP contribution >= 0.6 is 15.9 Å². The molecule has 2 heterocycles. The summed E-state index contributed by atoms with van der Waals surface area (Å²) < 4.78 is 11.8.